The zero-order valence-corrected chi connectivity index (χ0v) is 11.3. The van der Waals surface area contributed by atoms with E-state index in [0.29, 0.717) is 0 Å². The number of aromatic amines is 1. The van der Waals surface area contributed by atoms with Gasteiger partial charge in [-0.25, -0.2) is 0 Å². The van der Waals surface area contributed by atoms with Gasteiger partial charge in [0.05, 0.1) is 0 Å². The van der Waals surface area contributed by atoms with E-state index in [1.807, 2.05) is 67.7 Å². The van der Waals surface area contributed by atoms with E-state index in [0.717, 1.165) is 27.6 Å². The minimum atomic E-state index is 0.0656. The van der Waals surface area contributed by atoms with Crippen molar-refractivity contribution in [2.24, 2.45) is 0 Å². The van der Waals surface area contributed by atoms with Gasteiger partial charge in [-0.1, -0.05) is 48.5 Å². The first-order chi connectivity index (χ1) is 9.75. The molecule has 1 heterocycles. The molecule has 1 N–H and O–H groups in total. The lowest BCUT2D eigenvalue weighted by Crippen LogP contribution is -1.99. The second kappa shape index (κ2) is 5.17. The first-order valence-electron chi connectivity index (χ1n) is 6.60. The Morgan fingerprint density at radius 1 is 1.00 bits per heavy atom. The minimum Gasteiger partial charge on any atom is -0.361 e. The molecule has 3 rings (SSSR count). The zero-order valence-electron chi connectivity index (χ0n) is 11.3. The van der Waals surface area contributed by atoms with E-state index in [2.05, 4.69) is 11.1 Å². The Balaban J connectivity index is 1.98. The molecule has 2 aromatic carbocycles. The molecule has 20 heavy (non-hydrogen) atoms. The minimum absolute atomic E-state index is 0.0656. The second-order valence-corrected chi connectivity index (χ2v) is 4.81. The SMILES string of the molecule is C/C(=C\c1c[nH]c2ccccc12)C(=O)c1ccccc1. The number of hydrogen-bond donors (Lipinski definition) is 1. The van der Waals surface area contributed by atoms with Crippen molar-refractivity contribution in [1.29, 1.82) is 0 Å². The lowest BCUT2D eigenvalue weighted by Gasteiger charge is -2.01. The third-order valence-electron chi connectivity index (χ3n) is 3.39. The third kappa shape index (κ3) is 2.28. The molecule has 0 aliphatic heterocycles. The van der Waals surface area contributed by atoms with E-state index >= 15 is 0 Å². The molecule has 0 aliphatic rings. The summed E-state index contributed by atoms with van der Waals surface area (Å²) in [5, 5.41) is 1.13. The van der Waals surface area contributed by atoms with Crippen molar-refractivity contribution in [3.63, 3.8) is 0 Å². The van der Waals surface area contributed by atoms with Crippen LogP contribution in [0.4, 0.5) is 0 Å². The van der Waals surface area contributed by atoms with Crippen molar-refractivity contribution in [2.75, 3.05) is 0 Å². The number of para-hydroxylation sites is 1. The fourth-order valence-electron chi connectivity index (χ4n) is 2.33. The van der Waals surface area contributed by atoms with Gasteiger partial charge < -0.3 is 4.98 Å². The van der Waals surface area contributed by atoms with Crippen LogP contribution in [0, 0.1) is 0 Å². The fraction of sp³-hybridized carbons (Fsp3) is 0.0556. The molecule has 0 saturated carbocycles. The molecule has 0 saturated heterocycles. The molecule has 0 aliphatic carbocycles. The average Bonchev–Trinajstić information content (AvgIpc) is 2.91. The summed E-state index contributed by atoms with van der Waals surface area (Å²) in [5.41, 5.74) is 3.59. The maximum absolute atomic E-state index is 12.3. The standard InChI is InChI=1S/C18H15NO/c1-13(18(20)14-7-3-2-4-8-14)11-15-12-19-17-10-6-5-9-16(15)17/h2-12,19H,1H3/b13-11+. The normalized spacial score (nSPS) is 11.8. The molecule has 0 spiro atoms. The third-order valence-corrected chi connectivity index (χ3v) is 3.39. The van der Waals surface area contributed by atoms with Crippen molar-refractivity contribution >= 4 is 22.8 Å². The Bertz CT molecular complexity index is 781. The Kier molecular flexibility index (Phi) is 3.21. The van der Waals surface area contributed by atoms with Crippen LogP contribution >= 0.6 is 0 Å². The number of benzene rings is 2. The summed E-state index contributed by atoms with van der Waals surface area (Å²) in [7, 11) is 0. The van der Waals surface area contributed by atoms with E-state index in [-0.39, 0.29) is 5.78 Å². The summed E-state index contributed by atoms with van der Waals surface area (Å²) in [6.45, 7) is 1.86. The van der Waals surface area contributed by atoms with Crippen LogP contribution in [0.2, 0.25) is 0 Å². The maximum Gasteiger partial charge on any atom is 0.188 e. The lowest BCUT2D eigenvalue weighted by molar-refractivity contribution is 0.103. The predicted molar refractivity (Wildman–Crippen MR) is 82.7 cm³/mol. The summed E-state index contributed by atoms with van der Waals surface area (Å²) in [6, 6.07) is 17.4. The van der Waals surface area contributed by atoms with Gasteiger partial charge in [0.15, 0.2) is 5.78 Å². The Morgan fingerprint density at radius 3 is 2.50 bits per heavy atom. The Hall–Kier alpha value is -2.61. The van der Waals surface area contributed by atoms with Crippen molar-refractivity contribution < 1.29 is 4.79 Å². The molecule has 2 nitrogen and oxygen atoms in total. The maximum atomic E-state index is 12.3. The van der Waals surface area contributed by atoms with E-state index in [1.54, 1.807) is 0 Å². The highest BCUT2D eigenvalue weighted by atomic mass is 16.1. The molecule has 2 heteroatoms. The van der Waals surface area contributed by atoms with Gasteiger partial charge in [0.25, 0.3) is 0 Å². The van der Waals surface area contributed by atoms with Gasteiger partial charge in [-0.15, -0.1) is 0 Å². The largest absolute Gasteiger partial charge is 0.361 e. The zero-order chi connectivity index (χ0) is 13.9. The molecule has 0 amide bonds. The molecule has 0 atom stereocenters. The Morgan fingerprint density at radius 2 is 1.70 bits per heavy atom. The summed E-state index contributed by atoms with van der Waals surface area (Å²) in [6.07, 6.45) is 3.88. The van der Waals surface area contributed by atoms with E-state index in [1.165, 1.54) is 0 Å². The first kappa shape index (κ1) is 12.4. The Labute approximate surface area is 117 Å². The number of allylic oxidation sites excluding steroid dienone is 1. The van der Waals surface area contributed by atoms with E-state index < -0.39 is 0 Å². The van der Waals surface area contributed by atoms with Crippen LogP contribution in [0.1, 0.15) is 22.8 Å². The van der Waals surface area contributed by atoms with Gasteiger partial charge in [0.2, 0.25) is 0 Å². The molecular weight excluding hydrogens is 246 g/mol. The van der Waals surface area contributed by atoms with Crippen molar-refractivity contribution in [3.8, 4) is 0 Å². The molecule has 0 radical (unpaired) electrons. The molecule has 1 aromatic heterocycles. The topological polar surface area (TPSA) is 32.9 Å². The number of ketones is 1. The molecule has 3 aromatic rings. The smallest absolute Gasteiger partial charge is 0.188 e. The van der Waals surface area contributed by atoms with Crippen LogP contribution in [-0.2, 0) is 0 Å². The van der Waals surface area contributed by atoms with Gasteiger partial charge in [0.1, 0.15) is 0 Å². The summed E-state index contributed by atoms with van der Waals surface area (Å²) >= 11 is 0. The number of fused-ring (bicyclic) bond motifs is 1. The van der Waals surface area contributed by atoms with Crippen LogP contribution in [0.25, 0.3) is 17.0 Å². The van der Waals surface area contributed by atoms with Crippen LogP contribution in [0.3, 0.4) is 0 Å². The number of nitrogens with one attached hydrogen (secondary N) is 1. The fourth-order valence-corrected chi connectivity index (χ4v) is 2.33. The average molecular weight is 261 g/mol. The molecule has 0 bridgehead atoms. The number of carbonyl (C=O) groups excluding carboxylic acids is 1. The highest BCUT2D eigenvalue weighted by Gasteiger charge is 2.08. The van der Waals surface area contributed by atoms with Gasteiger partial charge in [0, 0.05) is 28.2 Å². The molecule has 0 unspecified atom stereocenters. The number of aromatic nitrogens is 1. The van der Waals surface area contributed by atoms with Gasteiger partial charge in [-0.05, 0) is 24.6 Å². The van der Waals surface area contributed by atoms with Crippen molar-refractivity contribution in [1.82, 2.24) is 4.98 Å². The molecular formula is C18H15NO. The molecule has 0 fully saturated rings. The van der Waals surface area contributed by atoms with Gasteiger partial charge in [-0.2, -0.15) is 0 Å². The van der Waals surface area contributed by atoms with Crippen molar-refractivity contribution in [2.45, 2.75) is 6.92 Å². The number of hydrogen-bond acceptors (Lipinski definition) is 1. The molecule has 98 valence electrons. The van der Waals surface area contributed by atoms with E-state index in [9.17, 15) is 4.79 Å². The number of carbonyl (C=O) groups is 1. The summed E-state index contributed by atoms with van der Waals surface area (Å²) in [4.78, 5) is 15.5. The highest BCUT2D eigenvalue weighted by molar-refractivity contribution is 6.11. The van der Waals surface area contributed by atoms with Crippen LogP contribution in [-0.4, -0.2) is 10.8 Å². The van der Waals surface area contributed by atoms with Crippen LogP contribution in [0.15, 0.2) is 66.4 Å². The highest BCUT2D eigenvalue weighted by Crippen LogP contribution is 2.21. The lowest BCUT2D eigenvalue weighted by atomic mass is 10.0. The van der Waals surface area contributed by atoms with Crippen molar-refractivity contribution in [3.05, 3.63) is 77.5 Å². The summed E-state index contributed by atoms with van der Waals surface area (Å²) < 4.78 is 0. The van der Waals surface area contributed by atoms with Crippen LogP contribution in [0.5, 0.6) is 0 Å². The summed E-state index contributed by atoms with van der Waals surface area (Å²) in [5.74, 6) is 0.0656. The quantitative estimate of drug-likeness (QED) is 0.548. The van der Waals surface area contributed by atoms with E-state index in [4.69, 9.17) is 0 Å². The monoisotopic (exact) mass is 261 g/mol. The predicted octanol–water partition coefficient (Wildman–Crippen LogP) is 4.45. The number of rotatable bonds is 3. The first-order valence-corrected chi connectivity index (χ1v) is 6.60. The van der Waals surface area contributed by atoms with Gasteiger partial charge in [-0.3, -0.25) is 4.79 Å². The van der Waals surface area contributed by atoms with Gasteiger partial charge >= 0.3 is 0 Å². The van der Waals surface area contributed by atoms with Crippen LogP contribution < -0.4 is 0 Å². The second-order valence-electron chi connectivity index (χ2n) is 4.81. The number of H-pyrrole nitrogens is 1. The number of Topliss-reactive ketones (excluding diaryl/α,β-unsaturated/α-hetero) is 1.